The predicted molar refractivity (Wildman–Crippen MR) is 49.9 cm³/mol. The van der Waals surface area contributed by atoms with E-state index in [1.54, 1.807) is 0 Å². The van der Waals surface area contributed by atoms with Crippen molar-refractivity contribution < 1.29 is 21.6 Å². The first kappa shape index (κ1) is 15.3. The van der Waals surface area contributed by atoms with E-state index in [0.717, 1.165) is 4.48 Å². The second-order valence-electron chi connectivity index (χ2n) is 3.42. The van der Waals surface area contributed by atoms with Gasteiger partial charge in [-0.2, -0.15) is 0 Å². The maximum absolute atomic E-state index is 9.45. The fraction of sp³-hybridized carbons (Fsp3) is 1.00. The summed E-state index contributed by atoms with van der Waals surface area (Å²) in [6.07, 6.45) is 0. The lowest BCUT2D eigenvalue weighted by Gasteiger charge is -2.20. The molecule has 0 saturated heterocycles. The van der Waals surface area contributed by atoms with E-state index in [1.807, 2.05) is 0 Å². The van der Waals surface area contributed by atoms with Gasteiger partial charge in [0, 0.05) is 0 Å². The first-order valence-electron chi connectivity index (χ1n) is 4.03. The average Bonchev–Trinajstić information content (AvgIpc) is 1.84. The third-order valence-electron chi connectivity index (χ3n) is 1.21. The molecule has 0 rings (SSSR count). The van der Waals surface area contributed by atoms with Gasteiger partial charge in [-0.05, 0) is 13.8 Å². The van der Waals surface area contributed by atoms with Crippen molar-refractivity contribution in [2.75, 3.05) is 34.3 Å². The molecule has 6 heteroatoms. The topological polar surface area (TPSA) is 66.4 Å². The molecule has 0 aromatic heterocycles. The lowest BCUT2D eigenvalue weighted by molar-refractivity contribution is -0.868. The highest BCUT2D eigenvalue weighted by Gasteiger charge is 1.97. The third-order valence-corrected chi connectivity index (χ3v) is 1.74. The van der Waals surface area contributed by atoms with Crippen LogP contribution in [0.2, 0.25) is 0 Å². The second kappa shape index (κ2) is 6.31. The normalized spacial score (nSPS) is 11.8. The molecule has 0 N–H and O–H groups in total. The van der Waals surface area contributed by atoms with Crippen LogP contribution in [0.1, 0.15) is 13.8 Å². The summed E-state index contributed by atoms with van der Waals surface area (Å²) in [5, 5.41) is 0. The molecule has 5 nitrogen and oxygen atoms in total. The van der Waals surface area contributed by atoms with E-state index in [-0.39, 0.29) is 6.61 Å². The molecule has 13 heavy (non-hydrogen) atoms. The second-order valence-corrected chi connectivity index (χ2v) is 4.47. The molecule has 0 heterocycles. The van der Waals surface area contributed by atoms with E-state index in [1.165, 1.54) is 13.5 Å². The monoisotopic (exact) mass is 213 g/mol. The van der Waals surface area contributed by atoms with Gasteiger partial charge >= 0.3 is 0 Å². The van der Waals surface area contributed by atoms with Crippen molar-refractivity contribution in [2.45, 2.75) is 13.8 Å². The molecular weight excluding hydrogens is 194 g/mol. The van der Waals surface area contributed by atoms with Crippen molar-refractivity contribution in [3.63, 3.8) is 0 Å². The molecule has 0 radical (unpaired) electrons. The first-order valence-corrected chi connectivity index (χ1v) is 5.36. The highest BCUT2D eigenvalue weighted by molar-refractivity contribution is 7.80. The van der Waals surface area contributed by atoms with Crippen molar-refractivity contribution in [3.05, 3.63) is 0 Å². The molecular formula is C7H19NO4S. The fourth-order valence-corrected chi connectivity index (χ4v) is 0.433. The number of hydrogen-bond acceptors (Lipinski definition) is 4. The van der Waals surface area contributed by atoms with E-state index in [9.17, 15) is 13.0 Å². The van der Waals surface area contributed by atoms with E-state index >= 15 is 0 Å². The van der Waals surface area contributed by atoms with Gasteiger partial charge in [-0.3, -0.25) is 4.18 Å². The van der Waals surface area contributed by atoms with Crippen LogP contribution in [0, 0.1) is 0 Å². The minimum absolute atomic E-state index is 0.0914. The van der Waals surface area contributed by atoms with Crippen LogP contribution in [0.5, 0.6) is 0 Å². The van der Waals surface area contributed by atoms with Crippen LogP contribution < -0.4 is 0 Å². The van der Waals surface area contributed by atoms with E-state index in [0.29, 0.717) is 0 Å². The molecule has 0 atom stereocenters. The Morgan fingerprint density at radius 1 is 1.23 bits per heavy atom. The standard InChI is InChI=1S/C5H14N.C2H6O4S/c1-5-6(2,3)4;1-2-6-7(3,4)5/h5H2,1-4H3;2H2,1H3,(H,3,4,5)/q+1;/p-1. The Hall–Kier alpha value is -0.170. The maximum atomic E-state index is 9.45. The zero-order valence-corrected chi connectivity index (χ0v) is 9.72. The van der Waals surface area contributed by atoms with Gasteiger partial charge in [-0.25, -0.2) is 8.42 Å². The number of rotatable bonds is 3. The van der Waals surface area contributed by atoms with Gasteiger partial charge in [0.1, 0.15) is 0 Å². The molecule has 0 aromatic carbocycles. The van der Waals surface area contributed by atoms with E-state index < -0.39 is 10.4 Å². The molecule has 0 aliphatic carbocycles. The van der Waals surface area contributed by atoms with Crippen molar-refractivity contribution in [3.8, 4) is 0 Å². The quantitative estimate of drug-likeness (QED) is 0.381. The molecule has 0 aromatic rings. The van der Waals surface area contributed by atoms with Crippen LogP contribution in [0.25, 0.3) is 0 Å². The van der Waals surface area contributed by atoms with Gasteiger partial charge in [0.2, 0.25) is 10.4 Å². The van der Waals surface area contributed by atoms with Crippen molar-refractivity contribution >= 4 is 10.4 Å². The molecule has 0 aliphatic heterocycles. The molecule has 0 fully saturated rings. The summed E-state index contributed by atoms with van der Waals surface area (Å²) in [5.74, 6) is 0. The zero-order chi connectivity index (χ0) is 11.1. The highest BCUT2D eigenvalue weighted by atomic mass is 32.3. The van der Waals surface area contributed by atoms with E-state index in [4.69, 9.17) is 0 Å². The summed E-state index contributed by atoms with van der Waals surface area (Å²) in [6.45, 7) is 4.72. The predicted octanol–water partition coefficient (Wildman–Crippen LogP) is 0.196. The van der Waals surface area contributed by atoms with Gasteiger partial charge in [0.25, 0.3) is 0 Å². The van der Waals surface area contributed by atoms with Crippen molar-refractivity contribution in [1.82, 2.24) is 0 Å². The van der Waals surface area contributed by atoms with Crippen molar-refractivity contribution in [1.29, 1.82) is 0 Å². The van der Waals surface area contributed by atoms with Gasteiger partial charge in [0.05, 0.1) is 34.3 Å². The van der Waals surface area contributed by atoms with Crippen LogP contribution in [0.15, 0.2) is 0 Å². The Balaban J connectivity index is 0. The van der Waals surface area contributed by atoms with Crippen LogP contribution >= 0.6 is 0 Å². The Morgan fingerprint density at radius 3 is 1.54 bits per heavy atom. The Kier molecular flexibility index (Phi) is 7.43. The number of quaternary nitrogens is 1. The number of nitrogens with zero attached hydrogens (tertiary/aromatic N) is 1. The summed E-state index contributed by atoms with van der Waals surface area (Å²) in [6, 6.07) is 0. The Bertz CT molecular complexity index is 205. The summed E-state index contributed by atoms with van der Waals surface area (Å²) in [4.78, 5) is 0. The fourth-order valence-electron chi connectivity index (χ4n) is 0.144. The van der Waals surface area contributed by atoms with Gasteiger partial charge in [-0.15, -0.1) is 0 Å². The first-order chi connectivity index (χ1) is 5.62. The molecule has 0 bridgehead atoms. The lowest BCUT2D eigenvalue weighted by atomic mass is 10.6. The largest absolute Gasteiger partial charge is 0.726 e. The number of hydrogen-bond donors (Lipinski definition) is 0. The summed E-state index contributed by atoms with van der Waals surface area (Å²) < 4.78 is 33.1. The lowest BCUT2D eigenvalue weighted by Crippen LogP contribution is -2.33. The van der Waals surface area contributed by atoms with Crippen LogP contribution in [0.4, 0.5) is 0 Å². The SMILES string of the molecule is CCOS(=O)(=O)[O-].CC[N+](C)(C)C. The minimum Gasteiger partial charge on any atom is -0.726 e. The Labute approximate surface area is 80.9 Å². The Morgan fingerprint density at radius 2 is 1.54 bits per heavy atom. The molecule has 82 valence electrons. The average molecular weight is 213 g/mol. The highest BCUT2D eigenvalue weighted by Crippen LogP contribution is 1.83. The molecule has 0 saturated carbocycles. The molecule has 0 aliphatic rings. The smallest absolute Gasteiger partial charge is 0.217 e. The van der Waals surface area contributed by atoms with Gasteiger partial charge in [-0.1, -0.05) is 0 Å². The van der Waals surface area contributed by atoms with Gasteiger partial charge in [0.15, 0.2) is 0 Å². The zero-order valence-electron chi connectivity index (χ0n) is 8.90. The van der Waals surface area contributed by atoms with E-state index in [2.05, 4.69) is 32.2 Å². The summed E-state index contributed by atoms with van der Waals surface area (Å²) >= 11 is 0. The van der Waals surface area contributed by atoms with Crippen LogP contribution in [0.3, 0.4) is 0 Å². The van der Waals surface area contributed by atoms with Gasteiger partial charge < -0.3 is 9.04 Å². The van der Waals surface area contributed by atoms with Crippen LogP contribution in [-0.2, 0) is 14.6 Å². The van der Waals surface area contributed by atoms with Crippen molar-refractivity contribution in [2.24, 2.45) is 0 Å². The third kappa shape index (κ3) is 24.5. The maximum Gasteiger partial charge on any atom is 0.217 e. The van der Waals surface area contributed by atoms with Crippen LogP contribution in [-0.4, -0.2) is 51.7 Å². The summed E-state index contributed by atoms with van der Waals surface area (Å²) in [7, 11) is 2.12. The molecule has 0 spiro atoms. The summed E-state index contributed by atoms with van der Waals surface area (Å²) in [5.41, 5.74) is 0. The molecule has 0 unspecified atom stereocenters. The minimum atomic E-state index is -4.42. The molecule has 0 amide bonds.